The molecule has 1 aliphatic carbocycles. The summed E-state index contributed by atoms with van der Waals surface area (Å²) < 4.78 is 13.5. The molecule has 0 aromatic heterocycles. The van der Waals surface area contributed by atoms with E-state index in [1.165, 1.54) is 31.0 Å². The molecule has 0 unspecified atom stereocenters. The van der Waals surface area contributed by atoms with Gasteiger partial charge in [-0.3, -0.25) is 9.69 Å². The number of halogens is 1. The smallest absolute Gasteiger partial charge is 0.224 e. The number of benzene rings is 1. The van der Waals surface area contributed by atoms with Gasteiger partial charge in [-0.25, -0.2) is 4.39 Å². The summed E-state index contributed by atoms with van der Waals surface area (Å²) in [5.74, 6) is -0.711. The van der Waals surface area contributed by atoms with E-state index < -0.39 is 5.82 Å². The van der Waals surface area contributed by atoms with Crippen LogP contribution >= 0.6 is 0 Å². The zero-order valence-corrected chi connectivity index (χ0v) is 12.0. The summed E-state index contributed by atoms with van der Waals surface area (Å²) in [6, 6.07) is 4.66. The van der Waals surface area contributed by atoms with Crippen LogP contribution in [0.3, 0.4) is 0 Å². The Bertz CT molecular complexity index is 492. The Kier molecular flexibility index (Phi) is 5.52. The average molecular weight is 295 g/mol. The molecular formula is C15H22FN3O2. The second kappa shape index (κ2) is 7.38. The predicted molar refractivity (Wildman–Crippen MR) is 80.4 cm³/mol. The highest BCUT2D eigenvalue weighted by atomic mass is 19.1. The maximum atomic E-state index is 13.5. The van der Waals surface area contributed by atoms with E-state index in [0.29, 0.717) is 31.1 Å². The molecule has 1 fully saturated rings. The minimum atomic E-state index is -0.488. The number of aliphatic hydroxyl groups excluding tert-OH is 1. The molecule has 0 aliphatic heterocycles. The van der Waals surface area contributed by atoms with Crippen molar-refractivity contribution in [3.8, 4) is 0 Å². The summed E-state index contributed by atoms with van der Waals surface area (Å²) in [6.45, 7) is 1.56. The lowest BCUT2D eigenvalue weighted by atomic mass is 10.2. The monoisotopic (exact) mass is 295 g/mol. The summed E-state index contributed by atoms with van der Waals surface area (Å²) in [5, 5.41) is 11.5. The van der Waals surface area contributed by atoms with E-state index >= 15 is 0 Å². The number of hydrogen-bond acceptors (Lipinski definition) is 4. The summed E-state index contributed by atoms with van der Waals surface area (Å²) in [5.41, 5.74) is 6.10. The number of carbonyl (C=O) groups excluding carboxylic acids is 1. The molecule has 0 saturated heterocycles. The molecule has 0 heterocycles. The van der Waals surface area contributed by atoms with E-state index in [2.05, 4.69) is 10.2 Å². The van der Waals surface area contributed by atoms with E-state index in [9.17, 15) is 9.18 Å². The fourth-order valence-electron chi connectivity index (χ4n) is 2.34. The van der Waals surface area contributed by atoms with Crippen LogP contribution in [-0.2, 0) is 4.79 Å². The van der Waals surface area contributed by atoms with Crippen molar-refractivity contribution in [3.63, 3.8) is 0 Å². The predicted octanol–water partition coefficient (Wildman–Crippen LogP) is 1.58. The third-order valence-electron chi connectivity index (χ3n) is 3.56. The lowest BCUT2D eigenvalue weighted by Crippen LogP contribution is -2.30. The van der Waals surface area contributed by atoms with Crippen molar-refractivity contribution < 1.29 is 14.3 Å². The van der Waals surface area contributed by atoms with E-state index in [4.69, 9.17) is 10.8 Å². The molecule has 116 valence electrons. The summed E-state index contributed by atoms with van der Waals surface area (Å²) >= 11 is 0. The van der Waals surface area contributed by atoms with Gasteiger partial charge < -0.3 is 16.2 Å². The van der Waals surface area contributed by atoms with Crippen molar-refractivity contribution in [1.29, 1.82) is 0 Å². The zero-order valence-electron chi connectivity index (χ0n) is 12.0. The van der Waals surface area contributed by atoms with Crippen molar-refractivity contribution in [2.75, 3.05) is 30.7 Å². The van der Waals surface area contributed by atoms with E-state index in [-0.39, 0.29) is 18.2 Å². The molecule has 4 N–H and O–H groups in total. The van der Waals surface area contributed by atoms with Crippen LogP contribution in [0.1, 0.15) is 25.7 Å². The molecule has 1 aromatic rings. The van der Waals surface area contributed by atoms with Crippen LogP contribution in [0, 0.1) is 5.82 Å². The van der Waals surface area contributed by atoms with Crippen molar-refractivity contribution in [2.24, 2.45) is 0 Å². The van der Waals surface area contributed by atoms with Crippen molar-refractivity contribution in [2.45, 2.75) is 31.7 Å². The zero-order chi connectivity index (χ0) is 15.2. The number of nitrogens with zero attached hydrogens (tertiary/aromatic N) is 1. The minimum Gasteiger partial charge on any atom is -0.399 e. The number of hydrogen-bond donors (Lipinski definition) is 3. The highest BCUT2D eigenvalue weighted by Crippen LogP contribution is 2.26. The van der Waals surface area contributed by atoms with Gasteiger partial charge in [0.05, 0.1) is 12.3 Å². The quantitative estimate of drug-likeness (QED) is 0.636. The molecule has 1 amide bonds. The molecule has 1 aromatic carbocycles. The maximum absolute atomic E-state index is 13.5. The highest BCUT2D eigenvalue weighted by Gasteiger charge is 2.27. The van der Waals surface area contributed by atoms with Crippen LogP contribution in [0.5, 0.6) is 0 Å². The van der Waals surface area contributed by atoms with Gasteiger partial charge in [-0.1, -0.05) is 0 Å². The minimum absolute atomic E-state index is 0.120. The first-order valence-corrected chi connectivity index (χ1v) is 7.30. The van der Waals surface area contributed by atoms with Gasteiger partial charge in [0.1, 0.15) is 5.82 Å². The van der Waals surface area contributed by atoms with Gasteiger partial charge >= 0.3 is 0 Å². The maximum Gasteiger partial charge on any atom is 0.224 e. The number of rotatable bonds is 8. The molecule has 0 bridgehead atoms. The fourth-order valence-corrected chi connectivity index (χ4v) is 2.34. The van der Waals surface area contributed by atoms with Gasteiger partial charge in [0.15, 0.2) is 0 Å². The molecule has 0 atom stereocenters. The van der Waals surface area contributed by atoms with Gasteiger partial charge in [-0.05, 0) is 44.0 Å². The molecule has 6 heteroatoms. The number of amides is 1. The first kappa shape index (κ1) is 15.7. The Morgan fingerprint density at radius 3 is 2.86 bits per heavy atom. The van der Waals surface area contributed by atoms with Gasteiger partial charge in [-0.15, -0.1) is 0 Å². The lowest BCUT2D eigenvalue weighted by molar-refractivity contribution is -0.116. The molecule has 5 nitrogen and oxygen atoms in total. The number of carbonyl (C=O) groups is 1. The first-order valence-electron chi connectivity index (χ1n) is 7.30. The summed E-state index contributed by atoms with van der Waals surface area (Å²) in [7, 11) is 0. The topological polar surface area (TPSA) is 78.6 Å². The fraction of sp³-hybridized carbons (Fsp3) is 0.533. The van der Waals surface area contributed by atoms with Crippen LogP contribution in [0.15, 0.2) is 18.2 Å². The van der Waals surface area contributed by atoms with Crippen LogP contribution in [0.4, 0.5) is 15.8 Å². The average Bonchev–Trinajstić information content (AvgIpc) is 3.26. The third-order valence-corrected chi connectivity index (χ3v) is 3.56. The summed E-state index contributed by atoms with van der Waals surface area (Å²) in [4.78, 5) is 14.0. The Hall–Kier alpha value is -1.66. The lowest BCUT2D eigenvalue weighted by Gasteiger charge is -2.20. The van der Waals surface area contributed by atoms with Crippen molar-refractivity contribution >= 4 is 17.3 Å². The van der Waals surface area contributed by atoms with Crippen LogP contribution in [0.2, 0.25) is 0 Å². The molecule has 0 radical (unpaired) electrons. The standard InChI is InChI=1S/C15H22FN3O2/c16-13-6-3-11(17)10-14(13)18-15(21)2-1-7-19(8-9-20)12-4-5-12/h3,6,10,12,20H,1-2,4-5,7-9,17H2,(H,18,21). The first-order chi connectivity index (χ1) is 10.1. The Labute approximate surface area is 123 Å². The Morgan fingerprint density at radius 1 is 1.43 bits per heavy atom. The van der Waals surface area contributed by atoms with Crippen molar-refractivity contribution in [3.05, 3.63) is 24.0 Å². The normalized spacial score (nSPS) is 14.4. The molecule has 1 saturated carbocycles. The number of nitrogens with two attached hydrogens (primary N) is 1. The summed E-state index contributed by atoms with van der Waals surface area (Å²) in [6.07, 6.45) is 3.34. The van der Waals surface area contributed by atoms with Gasteiger partial charge in [0.2, 0.25) is 5.91 Å². The van der Waals surface area contributed by atoms with Gasteiger partial charge in [0, 0.05) is 24.7 Å². The number of nitrogen functional groups attached to an aromatic ring is 1. The number of anilines is 2. The van der Waals surface area contributed by atoms with Crippen LogP contribution in [0.25, 0.3) is 0 Å². The van der Waals surface area contributed by atoms with E-state index in [0.717, 1.165) is 6.54 Å². The largest absolute Gasteiger partial charge is 0.399 e. The van der Waals surface area contributed by atoms with Crippen LogP contribution < -0.4 is 11.1 Å². The van der Waals surface area contributed by atoms with Crippen LogP contribution in [-0.4, -0.2) is 41.7 Å². The number of aliphatic hydroxyl groups is 1. The van der Waals surface area contributed by atoms with E-state index in [1.807, 2.05) is 0 Å². The Balaban J connectivity index is 1.75. The third kappa shape index (κ3) is 4.99. The number of nitrogens with one attached hydrogen (secondary N) is 1. The molecular weight excluding hydrogens is 273 g/mol. The second-order valence-corrected chi connectivity index (χ2v) is 5.38. The molecule has 21 heavy (non-hydrogen) atoms. The van der Waals surface area contributed by atoms with Crippen molar-refractivity contribution in [1.82, 2.24) is 4.90 Å². The molecule has 1 aliphatic rings. The van der Waals surface area contributed by atoms with Gasteiger partial charge in [-0.2, -0.15) is 0 Å². The molecule has 0 spiro atoms. The highest BCUT2D eigenvalue weighted by molar-refractivity contribution is 5.91. The molecule has 2 rings (SSSR count). The Morgan fingerprint density at radius 2 is 2.19 bits per heavy atom. The van der Waals surface area contributed by atoms with E-state index in [1.54, 1.807) is 0 Å². The van der Waals surface area contributed by atoms with Gasteiger partial charge in [0.25, 0.3) is 0 Å². The SMILES string of the molecule is Nc1ccc(F)c(NC(=O)CCCN(CCO)C2CC2)c1. The second-order valence-electron chi connectivity index (χ2n) is 5.38.